The average molecular weight is 279 g/mol. The molecule has 3 rings (SSSR count). The summed E-state index contributed by atoms with van der Waals surface area (Å²) in [5.41, 5.74) is 5.95. The van der Waals surface area contributed by atoms with E-state index >= 15 is 0 Å². The molecule has 0 bridgehead atoms. The van der Waals surface area contributed by atoms with Crippen LogP contribution in [0.2, 0.25) is 0 Å². The van der Waals surface area contributed by atoms with Crippen LogP contribution in [0.15, 0.2) is 34.9 Å². The van der Waals surface area contributed by atoms with E-state index in [-0.39, 0.29) is 5.82 Å². The summed E-state index contributed by atoms with van der Waals surface area (Å²) in [7, 11) is 0. The molecule has 1 aromatic carbocycles. The lowest BCUT2D eigenvalue weighted by atomic mass is 10.2. The third-order valence-corrected chi connectivity index (χ3v) is 3.34. The van der Waals surface area contributed by atoms with Crippen LogP contribution in [-0.2, 0) is 0 Å². The molecular formula is C12H7F2N3OS. The normalized spacial score (nSPS) is 10.8. The molecule has 2 N–H and O–H groups in total. The zero-order valence-electron chi connectivity index (χ0n) is 9.43. The van der Waals surface area contributed by atoms with Crippen LogP contribution < -0.4 is 5.73 Å². The summed E-state index contributed by atoms with van der Waals surface area (Å²) in [6.07, 6.45) is 0. The number of hydrogen-bond donors (Lipinski definition) is 1. The number of nitrogen functional groups attached to an aromatic ring is 1. The zero-order valence-corrected chi connectivity index (χ0v) is 10.2. The van der Waals surface area contributed by atoms with Gasteiger partial charge in [0.05, 0.1) is 9.88 Å². The Balaban J connectivity index is 1.98. The van der Waals surface area contributed by atoms with Crippen molar-refractivity contribution in [3.63, 3.8) is 0 Å². The molecule has 3 aromatic rings. The van der Waals surface area contributed by atoms with Gasteiger partial charge in [0.25, 0.3) is 5.89 Å². The first-order valence-electron chi connectivity index (χ1n) is 5.28. The summed E-state index contributed by atoms with van der Waals surface area (Å²) in [4.78, 5) is 4.84. The lowest BCUT2D eigenvalue weighted by Gasteiger charge is -1.95. The maximum Gasteiger partial charge on any atom is 0.268 e. The van der Waals surface area contributed by atoms with Gasteiger partial charge in [-0.05, 0) is 30.3 Å². The third kappa shape index (κ3) is 2.19. The number of thiophene rings is 1. The Kier molecular flexibility index (Phi) is 2.75. The SMILES string of the molecule is Nc1ccc(-c2nc(-c3ccc(F)c(F)c3)no2)s1. The van der Waals surface area contributed by atoms with Gasteiger partial charge in [0.2, 0.25) is 5.82 Å². The van der Waals surface area contributed by atoms with Crippen molar-refractivity contribution in [3.8, 4) is 22.2 Å². The van der Waals surface area contributed by atoms with Crippen molar-refractivity contribution >= 4 is 16.3 Å². The predicted molar refractivity (Wildman–Crippen MR) is 67.4 cm³/mol. The molecule has 0 saturated carbocycles. The van der Waals surface area contributed by atoms with Crippen LogP contribution in [0.25, 0.3) is 22.2 Å². The van der Waals surface area contributed by atoms with Crippen LogP contribution in [-0.4, -0.2) is 10.1 Å². The highest BCUT2D eigenvalue weighted by atomic mass is 32.1. The van der Waals surface area contributed by atoms with Crippen LogP contribution in [0.1, 0.15) is 0 Å². The molecule has 4 nitrogen and oxygen atoms in total. The van der Waals surface area contributed by atoms with Gasteiger partial charge >= 0.3 is 0 Å². The Morgan fingerprint density at radius 1 is 1.11 bits per heavy atom. The molecule has 0 saturated heterocycles. The van der Waals surface area contributed by atoms with Crippen molar-refractivity contribution in [1.29, 1.82) is 0 Å². The van der Waals surface area contributed by atoms with Gasteiger partial charge in [0, 0.05) is 5.56 Å². The smallest absolute Gasteiger partial charge is 0.268 e. The van der Waals surface area contributed by atoms with Gasteiger partial charge in [-0.2, -0.15) is 4.98 Å². The van der Waals surface area contributed by atoms with Gasteiger partial charge < -0.3 is 10.3 Å². The summed E-state index contributed by atoms with van der Waals surface area (Å²) < 4.78 is 31.0. The molecule has 0 aliphatic rings. The monoisotopic (exact) mass is 279 g/mol. The molecule has 19 heavy (non-hydrogen) atoms. The number of hydrogen-bond acceptors (Lipinski definition) is 5. The van der Waals surface area contributed by atoms with E-state index in [0.29, 0.717) is 16.5 Å². The van der Waals surface area contributed by atoms with Gasteiger partial charge in [0.15, 0.2) is 11.6 Å². The first-order chi connectivity index (χ1) is 9.13. The number of benzene rings is 1. The quantitative estimate of drug-likeness (QED) is 0.781. The minimum Gasteiger partial charge on any atom is -0.391 e. The number of halogens is 2. The summed E-state index contributed by atoms with van der Waals surface area (Å²) >= 11 is 1.30. The topological polar surface area (TPSA) is 64.9 Å². The first kappa shape index (κ1) is 11.8. The fourth-order valence-corrected chi connectivity index (χ4v) is 2.24. The van der Waals surface area contributed by atoms with Crippen LogP contribution in [0, 0.1) is 11.6 Å². The Hall–Kier alpha value is -2.28. The van der Waals surface area contributed by atoms with Crippen molar-refractivity contribution in [1.82, 2.24) is 10.1 Å². The lowest BCUT2D eigenvalue weighted by Crippen LogP contribution is -1.86. The summed E-state index contributed by atoms with van der Waals surface area (Å²) in [5, 5.41) is 4.36. The molecule has 0 fully saturated rings. The molecule has 7 heteroatoms. The van der Waals surface area contributed by atoms with Crippen LogP contribution in [0.4, 0.5) is 13.8 Å². The fraction of sp³-hybridized carbons (Fsp3) is 0. The molecular weight excluding hydrogens is 272 g/mol. The second kappa shape index (κ2) is 4.43. The molecule has 0 atom stereocenters. The van der Waals surface area contributed by atoms with E-state index in [1.807, 2.05) is 0 Å². The van der Waals surface area contributed by atoms with E-state index in [0.717, 1.165) is 17.0 Å². The van der Waals surface area contributed by atoms with Gasteiger partial charge in [-0.25, -0.2) is 8.78 Å². The third-order valence-electron chi connectivity index (χ3n) is 2.44. The van der Waals surface area contributed by atoms with Crippen molar-refractivity contribution in [2.45, 2.75) is 0 Å². The van der Waals surface area contributed by atoms with Gasteiger partial charge in [0.1, 0.15) is 0 Å². The number of anilines is 1. The van der Waals surface area contributed by atoms with Crippen molar-refractivity contribution in [3.05, 3.63) is 42.0 Å². The van der Waals surface area contributed by atoms with E-state index in [1.54, 1.807) is 12.1 Å². The molecule has 96 valence electrons. The van der Waals surface area contributed by atoms with Crippen molar-refractivity contribution in [2.24, 2.45) is 0 Å². The van der Waals surface area contributed by atoms with Gasteiger partial charge in [-0.15, -0.1) is 11.3 Å². The summed E-state index contributed by atoms with van der Waals surface area (Å²) in [6, 6.07) is 6.90. The second-order valence-electron chi connectivity index (χ2n) is 3.75. The molecule has 0 aliphatic heterocycles. The maximum atomic E-state index is 13.1. The van der Waals surface area contributed by atoms with E-state index in [1.165, 1.54) is 17.4 Å². The largest absolute Gasteiger partial charge is 0.391 e. The maximum absolute atomic E-state index is 13.1. The summed E-state index contributed by atoms with van der Waals surface area (Å²) in [5.74, 6) is -1.38. The number of rotatable bonds is 2. The van der Waals surface area contributed by atoms with E-state index in [9.17, 15) is 8.78 Å². The molecule has 2 heterocycles. The predicted octanol–water partition coefficient (Wildman–Crippen LogP) is 3.33. The summed E-state index contributed by atoms with van der Waals surface area (Å²) in [6.45, 7) is 0. The van der Waals surface area contributed by atoms with E-state index in [4.69, 9.17) is 10.3 Å². The molecule has 0 unspecified atom stereocenters. The second-order valence-corrected chi connectivity index (χ2v) is 4.87. The average Bonchev–Trinajstić information content (AvgIpc) is 3.01. The first-order valence-corrected chi connectivity index (χ1v) is 6.10. The number of nitrogens with two attached hydrogens (primary N) is 1. The minimum atomic E-state index is -0.954. The molecule has 0 spiro atoms. The van der Waals surface area contributed by atoms with Gasteiger partial charge in [-0.1, -0.05) is 5.16 Å². The standard InChI is InChI=1S/C12H7F2N3OS/c13-7-2-1-6(5-8(7)14)11-16-12(18-17-11)9-3-4-10(15)19-9/h1-5H,15H2. The molecule has 0 radical (unpaired) electrons. The minimum absolute atomic E-state index is 0.195. The Morgan fingerprint density at radius 2 is 1.95 bits per heavy atom. The van der Waals surface area contributed by atoms with Gasteiger partial charge in [-0.3, -0.25) is 0 Å². The zero-order chi connectivity index (χ0) is 13.4. The highest BCUT2D eigenvalue weighted by Gasteiger charge is 2.13. The van der Waals surface area contributed by atoms with Crippen LogP contribution in [0.5, 0.6) is 0 Å². The number of nitrogens with zero attached hydrogens (tertiary/aromatic N) is 2. The lowest BCUT2D eigenvalue weighted by molar-refractivity contribution is 0.433. The highest BCUT2D eigenvalue weighted by molar-refractivity contribution is 7.19. The highest BCUT2D eigenvalue weighted by Crippen LogP contribution is 2.29. The van der Waals surface area contributed by atoms with Crippen LogP contribution >= 0.6 is 11.3 Å². The molecule has 0 aliphatic carbocycles. The number of aromatic nitrogens is 2. The van der Waals surface area contributed by atoms with E-state index in [2.05, 4.69) is 10.1 Å². The van der Waals surface area contributed by atoms with E-state index < -0.39 is 11.6 Å². The fourth-order valence-electron chi connectivity index (χ4n) is 1.54. The Morgan fingerprint density at radius 3 is 2.63 bits per heavy atom. The van der Waals surface area contributed by atoms with Crippen LogP contribution in [0.3, 0.4) is 0 Å². The molecule has 2 aromatic heterocycles. The van der Waals surface area contributed by atoms with Crippen molar-refractivity contribution in [2.75, 3.05) is 5.73 Å². The Labute approximate surface area is 110 Å². The Bertz CT molecular complexity index is 738. The van der Waals surface area contributed by atoms with Crippen molar-refractivity contribution < 1.29 is 13.3 Å². The molecule has 0 amide bonds.